The predicted octanol–water partition coefficient (Wildman–Crippen LogP) is 0.997. The minimum Gasteiger partial charge on any atom is -0.506 e. The first-order valence-electron chi connectivity index (χ1n) is 5.93. The first-order valence-corrected chi connectivity index (χ1v) is 8.81. The van der Waals surface area contributed by atoms with E-state index in [2.05, 4.69) is 5.32 Å². The van der Waals surface area contributed by atoms with Gasteiger partial charge < -0.3 is 10.4 Å². The molecule has 4 N–H and O–H groups in total. The minimum absolute atomic E-state index is 0.0469. The van der Waals surface area contributed by atoms with Gasteiger partial charge in [0.05, 0.1) is 10.6 Å². The standard InChI is InChI=1S/C12H11NO8S2/c1-6(14)13-10-4-8(22(16,17)18)2-7-3-12(23(19,20)21)11(15)5-9(7)10/h2-5,15H,1H3,(H,13,14)(H,16,17,18)(H,19,20,21). The zero-order chi connectivity index (χ0) is 17.6. The molecule has 0 saturated carbocycles. The van der Waals surface area contributed by atoms with Crippen molar-refractivity contribution >= 4 is 42.6 Å². The lowest BCUT2D eigenvalue weighted by Gasteiger charge is -2.11. The van der Waals surface area contributed by atoms with E-state index in [1.54, 1.807) is 0 Å². The van der Waals surface area contributed by atoms with Gasteiger partial charge in [-0.2, -0.15) is 16.8 Å². The Morgan fingerprint density at radius 3 is 2.09 bits per heavy atom. The Morgan fingerprint density at radius 2 is 1.61 bits per heavy atom. The van der Waals surface area contributed by atoms with Gasteiger partial charge in [0.15, 0.2) is 0 Å². The number of hydrogen-bond acceptors (Lipinski definition) is 6. The van der Waals surface area contributed by atoms with Crippen LogP contribution in [0.3, 0.4) is 0 Å². The number of amides is 1. The number of carbonyl (C=O) groups excluding carboxylic acids is 1. The van der Waals surface area contributed by atoms with Crippen LogP contribution < -0.4 is 5.32 Å². The zero-order valence-electron chi connectivity index (χ0n) is 11.5. The van der Waals surface area contributed by atoms with Crippen LogP contribution in [0.2, 0.25) is 0 Å². The van der Waals surface area contributed by atoms with E-state index in [-0.39, 0.29) is 16.5 Å². The lowest BCUT2D eigenvalue weighted by Crippen LogP contribution is -2.08. The molecule has 23 heavy (non-hydrogen) atoms. The Labute approximate surface area is 131 Å². The van der Waals surface area contributed by atoms with Crippen LogP contribution >= 0.6 is 0 Å². The molecule has 0 saturated heterocycles. The fourth-order valence-corrected chi connectivity index (χ4v) is 3.14. The first-order chi connectivity index (χ1) is 10.4. The average Bonchev–Trinajstić information content (AvgIpc) is 2.35. The summed E-state index contributed by atoms with van der Waals surface area (Å²) < 4.78 is 63.2. The second kappa shape index (κ2) is 5.45. The molecule has 2 rings (SSSR count). The van der Waals surface area contributed by atoms with Gasteiger partial charge in [-0.15, -0.1) is 0 Å². The molecule has 2 aromatic rings. The van der Waals surface area contributed by atoms with E-state index in [0.29, 0.717) is 0 Å². The van der Waals surface area contributed by atoms with E-state index < -0.39 is 41.7 Å². The van der Waals surface area contributed by atoms with E-state index >= 15 is 0 Å². The molecule has 0 spiro atoms. The summed E-state index contributed by atoms with van der Waals surface area (Å²) in [6.07, 6.45) is 0. The second-order valence-corrected chi connectivity index (χ2v) is 7.45. The molecule has 2 aromatic carbocycles. The highest BCUT2D eigenvalue weighted by Crippen LogP contribution is 2.34. The van der Waals surface area contributed by atoms with Crippen molar-refractivity contribution in [1.82, 2.24) is 0 Å². The van der Waals surface area contributed by atoms with Gasteiger partial charge >= 0.3 is 0 Å². The fraction of sp³-hybridized carbons (Fsp3) is 0.0833. The van der Waals surface area contributed by atoms with Crippen LogP contribution in [-0.2, 0) is 25.0 Å². The highest BCUT2D eigenvalue weighted by molar-refractivity contribution is 7.86. The van der Waals surface area contributed by atoms with E-state index in [0.717, 1.165) is 31.2 Å². The smallest absolute Gasteiger partial charge is 0.298 e. The molecular formula is C12H11NO8S2. The van der Waals surface area contributed by atoms with Gasteiger partial charge in [-0.3, -0.25) is 13.9 Å². The van der Waals surface area contributed by atoms with Crippen molar-refractivity contribution in [3.63, 3.8) is 0 Å². The molecule has 0 unspecified atom stereocenters. The van der Waals surface area contributed by atoms with Crippen LogP contribution in [0.4, 0.5) is 5.69 Å². The topological polar surface area (TPSA) is 158 Å². The predicted molar refractivity (Wildman–Crippen MR) is 79.5 cm³/mol. The van der Waals surface area contributed by atoms with Crippen LogP contribution in [0, 0.1) is 0 Å². The summed E-state index contributed by atoms with van der Waals surface area (Å²) in [5.41, 5.74) is -0.0696. The van der Waals surface area contributed by atoms with Gasteiger partial charge in [0.25, 0.3) is 20.2 Å². The molecule has 0 heterocycles. The van der Waals surface area contributed by atoms with E-state index in [9.17, 15) is 26.7 Å². The zero-order valence-corrected chi connectivity index (χ0v) is 13.1. The number of benzene rings is 2. The molecule has 11 heteroatoms. The third kappa shape index (κ3) is 3.59. The highest BCUT2D eigenvalue weighted by atomic mass is 32.2. The highest BCUT2D eigenvalue weighted by Gasteiger charge is 2.20. The number of carbonyl (C=O) groups is 1. The summed E-state index contributed by atoms with van der Waals surface area (Å²) >= 11 is 0. The van der Waals surface area contributed by atoms with Crippen molar-refractivity contribution in [3.8, 4) is 5.75 Å². The lowest BCUT2D eigenvalue weighted by molar-refractivity contribution is -0.114. The number of rotatable bonds is 3. The Morgan fingerprint density at radius 1 is 1.00 bits per heavy atom. The van der Waals surface area contributed by atoms with E-state index in [1.807, 2.05) is 0 Å². The van der Waals surface area contributed by atoms with Gasteiger partial charge in [0, 0.05) is 12.3 Å². The number of anilines is 1. The summed E-state index contributed by atoms with van der Waals surface area (Å²) in [6.45, 7) is 1.15. The SMILES string of the molecule is CC(=O)Nc1cc(S(=O)(=O)O)cc2cc(S(=O)(=O)O)c(O)cc12. The number of phenols is 1. The van der Waals surface area contributed by atoms with Crippen molar-refractivity contribution in [1.29, 1.82) is 0 Å². The quantitative estimate of drug-likeness (QED) is 0.589. The number of nitrogens with one attached hydrogen (secondary N) is 1. The monoisotopic (exact) mass is 361 g/mol. The maximum Gasteiger partial charge on any atom is 0.298 e. The third-order valence-corrected chi connectivity index (χ3v) is 4.61. The molecule has 124 valence electrons. The molecule has 0 aliphatic rings. The van der Waals surface area contributed by atoms with Gasteiger partial charge in [0.1, 0.15) is 10.6 Å². The Bertz CT molecular complexity index is 1020. The number of fused-ring (bicyclic) bond motifs is 1. The summed E-state index contributed by atoms with van der Waals surface area (Å²) in [6, 6.07) is 3.65. The largest absolute Gasteiger partial charge is 0.506 e. The molecule has 9 nitrogen and oxygen atoms in total. The van der Waals surface area contributed by atoms with Gasteiger partial charge in [-0.1, -0.05) is 0 Å². The Hall–Kier alpha value is -2.21. The van der Waals surface area contributed by atoms with Crippen molar-refractivity contribution < 1.29 is 35.8 Å². The maximum absolute atomic E-state index is 11.3. The van der Waals surface area contributed by atoms with Crippen LogP contribution in [0.15, 0.2) is 34.1 Å². The molecule has 1 amide bonds. The summed E-state index contributed by atoms with van der Waals surface area (Å²) in [5, 5.41) is 12.1. The van der Waals surface area contributed by atoms with Crippen molar-refractivity contribution in [2.75, 3.05) is 5.32 Å². The van der Waals surface area contributed by atoms with Crippen LogP contribution in [-0.4, -0.2) is 37.0 Å². The fourth-order valence-electron chi connectivity index (χ4n) is 2.00. The van der Waals surface area contributed by atoms with Gasteiger partial charge in [-0.05, 0) is 29.7 Å². The Kier molecular flexibility index (Phi) is 4.07. The molecule has 0 fully saturated rings. The Balaban J connectivity index is 2.93. The molecule has 0 radical (unpaired) electrons. The van der Waals surface area contributed by atoms with Gasteiger partial charge in [-0.25, -0.2) is 0 Å². The van der Waals surface area contributed by atoms with E-state index in [1.165, 1.54) is 0 Å². The molecule has 0 aliphatic carbocycles. The van der Waals surface area contributed by atoms with Crippen molar-refractivity contribution in [2.24, 2.45) is 0 Å². The second-order valence-electron chi connectivity index (χ2n) is 4.64. The summed E-state index contributed by atoms with van der Waals surface area (Å²) in [5.74, 6) is -1.34. The van der Waals surface area contributed by atoms with Crippen molar-refractivity contribution in [3.05, 3.63) is 24.3 Å². The van der Waals surface area contributed by atoms with Crippen molar-refractivity contribution in [2.45, 2.75) is 16.7 Å². The lowest BCUT2D eigenvalue weighted by atomic mass is 10.1. The van der Waals surface area contributed by atoms with E-state index in [4.69, 9.17) is 9.11 Å². The summed E-state index contributed by atoms with van der Waals surface area (Å²) in [4.78, 5) is 9.77. The maximum atomic E-state index is 11.3. The summed E-state index contributed by atoms with van der Waals surface area (Å²) in [7, 11) is -9.40. The van der Waals surface area contributed by atoms with Crippen LogP contribution in [0.25, 0.3) is 10.8 Å². The molecular weight excluding hydrogens is 350 g/mol. The van der Waals surface area contributed by atoms with Crippen LogP contribution in [0.1, 0.15) is 6.92 Å². The number of aromatic hydroxyl groups is 1. The molecule has 0 aliphatic heterocycles. The first kappa shape index (κ1) is 17.1. The minimum atomic E-state index is -4.76. The van der Waals surface area contributed by atoms with Crippen LogP contribution in [0.5, 0.6) is 5.75 Å². The third-order valence-electron chi connectivity index (χ3n) is 2.89. The normalized spacial score (nSPS) is 12.3. The average molecular weight is 361 g/mol. The number of hydrogen-bond donors (Lipinski definition) is 4. The molecule has 0 aromatic heterocycles. The number of phenolic OH excluding ortho intramolecular Hbond substituents is 1. The molecule has 0 bridgehead atoms. The van der Waals surface area contributed by atoms with Gasteiger partial charge in [0.2, 0.25) is 5.91 Å². The molecule has 0 atom stereocenters.